The van der Waals surface area contributed by atoms with Crippen molar-refractivity contribution in [2.24, 2.45) is 5.92 Å². The van der Waals surface area contributed by atoms with E-state index in [1.807, 2.05) is 0 Å². The molecule has 0 aromatic heterocycles. The molecule has 0 aliphatic heterocycles. The third kappa shape index (κ3) is 5.86. The molecule has 0 saturated heterocycles. The third-order valence-electron chi connectivity index (χ3n) is 6.70. The molecule has 4 aromatic carbocycles. The molecule has 0 heterocycles. The molecular formula is C33H37P. The van der Waals surface area contributed by atoms with Crippen molar-refractivity contribution in [1.29, 1.82) is 0 Å². The minimum absolute atomic E-state index is 0.448. The first-order chi connectivity index (χ1) is 16.4. The maximum absolute atomic E-state index is 2.45. The van der Waals surface area contributed by atoms with E-state index < -0.39 is 7.92 Å². The molecular weight excluding hydrogens is 427 g/mol. The predicted molar refractivity (Wildman–Crippen MR) is 151 cm³/mol. The van der Waals surface area contributed by atoms with Crippen LogP contribution in [0.5, 0.6) is 0 Å². The molecule has 2 unspecified atom stereocenters. The Morgan fingerprint density at radius 2 is 1.03 bits per heavy atom. The van der Waals surface area contributed by atoms with Crippen LogP contribution in [0.1, 0.15) is 52.4 Å². The highest BCUT2D eigenvalue weighted by Crippen LogP contribution is 2.55. The van der Waals surface area contributed by atoms with Crippen LogP contribution in [-0.4, -0.2) is 0 Å². The van der Waals surface area contributed by atoms with Gasteiger partial charge in [-0.15, -0.1) is 0 Å². The number of hydrogen-bond donors (Lipinski definition) is 0. The van der Waals surface area contributed by atoms with E-state index in [2.05, 4.69) is 132 Å². The topological polar surface area (TPSA) is 0 Å². The van der Waals surface area contributed by atoms with Crippen LogP contribution in [0.4, 0.5) is 0 Å². The van der Waals surface area contributed by atoms with Crippen LogP contribution in [0.3, 0.4) is 0 Å². The smallest absolute Gasteiger partial charge is 0.0153 e. The minimum Gasteiger partial charge on any atom is -0.0651 e. The Balaban J connectivity index is 1.93. The largest absolute Gasteiger partial charge is 0.0651 e. The second-order valence-corrected chi connectivity index (χ2v) is 12.1. The van der Waals surface area contributed by atoms with Gasteiger partial charge in [-0.2, -0.15) is 0 Å². The van der Waals surface area contributed by atoms with Crippen molar-refractivity contribution in [3.05, 3.63) is 130 Å². The van der Waals surface area contributed by atoms with E-state index in [0.29, 0.717) is 11.6 Å². The van der Waals surface area contributed by atoms with Crippen molar-refractivity contribution in [3.8, 4) is 0 Å². The lowest BCUT2D eigenvalue weighted by molar-refractivity contribution is 0.491. The molecule has 4 aromatic rings. The summed E-state index contributed by atoms with van der Waals surface area (Å²) in [6, 6.07) is 36.8. The molecule has 0 bridgehead atoms. The lowest BCUT2D eigenvalue weighted by Gasteiger charge is -2.36. The Morgan fingerprint density at radius 3 is 1.47 bits per heavy atom. The normalized spacial score (nSPS) is 13.1. The van der Waals surface area contributed by atoms with Gasteiger partial charge in [0.05, 0.1) is 0 Å². The van der Waals surface area contributed by atoms with E-state index in [4.69, 9.17) is 0 Å². The van der Waals surface area contributed by atoms with Crippen LogP contribution in [0.25, 0.3) is 0 Å². The monoisotopic (exact) mass is 464 g/mol. The standard InChI is InChI=1S/C33H37P/c1-6-29(23-28-13-9-7-10-14-28)33(30-15-11-8-12-16-30)34(31-19-24(2)17-25(3)20-31)32-21-26(4)18-27(5)22-32/h7-22,29,33H,6,23H2,1-5H3. The van der Waals surface area contributed by atoms with Crippen LogP contribution >= 0.6 is 7.92 Å². The molecule has 34 heavy (non-hydrogen) atoms. The van der Waals surface area contributed by atoms with Gasteiger partial charge in [-0.25, -0.2) is 0 Å². The maximum atomic E-state index is 2.45. The van der Waals surface area contributed by atoms with Crippen LogP contribution < -0.4 is 10.6 Å². The summed E-state index contributed by atoms with van der Waals surface area (Å²) in [6.07, 6.45) is 2.26. The average Bonchev–Trinajstić information content (AvgIpc) is 2.81. The highest BCUT2D eigenvalue weighted by Gasteiger charge is 2.33. The fourth-order valence-electron chi connectivity index (χ4n) is 5.33. The highest BCUT2D eigenvalue weighted by atomic mass is 31.1. The Hall–Kier alpha value is -2.69. The minimum atomic E-state index is -0.597. The van der Waals surface area contributed by atoms with Crippen LogP contribution in [0.15, 0.2) is 97.1 Å². The summed E-state index contributed by atoms with van der Waals surface area (Å²) in [7, 11) is -0.597. The first-order valence-electron chi connectivity index (χ1n) is 12.5. The molecule has 1 heteroatoms. The number of aryl methyl sites for hydroxylation is 4. The van der Waals surface area contributed by atoms with Crippen molar-refractivity contribution in [2.45, 2.75) is 53.1 Å². The van der Waals surface area contributed by atoms with Gasteiger partial charge in [0.1, 0.15) is 0 Å². The Morgan fingerprint density at radius 1 is 0.588 bits per heavy atom. The van der Waals surface area contributed by atoms with Gasteiger partial charge in [-0.1, -0.05) is 133 Å². The van der Waals surface area contributed by atoms with E-state index in [1.54, 1.807) is 0 Å². The van der Waals surface area contributed by atoms with Gasteiger partial charge in [0.15, 0.2) is 0 Å². The number of hydrogen-bond acceptors (Lipinski definition) is 0. The molecule has 0 aliphatic rings. The average molecular weight is 465 g/mol. The van der Waals surface area contributed by atoms with Gasteiger partial charge in [0.25, 0.3) is 0 Å². The zero-order valence-corrected chi connectivity index (χ0v) is 22.1. The first kappa shape index (κ1) is 24.4. The lowest BCUT2D eigenvalue weighted by Crippen LogP contribution is -2.24. The zero-order chi connectivity index (χ0) is 24.1. The van der Waals surface area contributed by atoms with Crippen molar-refractivity contribution in [1.82, 2.24) is 0 Å². The third-order valence-corrected chi connectivity index (χ3v) is 9.61. The van der Waals surface area contributed by atoms with Gasteiger partial charge in [0.2, 0.25) is 0 Å². The molecule has 0 radical (unpaired) electrons. The molecule has 0 saturated carbocycles. The summed E-state index contributed by atoms with van der Waals surface area (Å²) in [5, 5.41) is 3.00. The quantitative estimate of drug-likeness (QED) is 0.230. The fraction of sp³-hybridized carbons (Fsp3) is 0.273. The van der Waals surface area contributed by atoms with E-state index in [-0.39, 0.29) is 0 Å². The molecule has 0 amide bonds. The van der Waals surface area contributed by atoms with Crippen molar-refractivity contribution in [2.75, 3.05) is 0 Å². The summed E-state index contributed by atoms with van der Waals surface area (Å²) in [5.41, 5.74) is 8.78. The molecule has 0 nitrogen and oxygen atoms in total. The highest BCUT2D eigenvalue weighted by molar-refractivity contribution is 7.73. The SMILES string of the molecule is CCC(Cc1ccccc1)C(c1ccccc1)P(c1cc(C)cc(C)c1)c1cc(C)cc(C)c1. The molecule has 0 fully saturated rings. The van der Waals surface area contributed by atoms with Gasteiger partial charge >= 0.3 is 0 Å². The molecule has 2 atom stereocenters. The summed E-state index contributed by atoms with van der Waals surface area (Å²) in [6.45, 7) is 11.3. The van der Waals surface area contributed by atoms with E-state index >= 15 is 0 Å². The van der Waals surface area contributed by atoms with Gasteiger partial charge in [-0.3, -0.25) is 0 Å². The maximum Gasteiger partial charge on any atom is 0.0153 e. The van der Waals surface area contributed by atoms with Gasteiger partial charge in [0, 0.05) is 5.66 Å². The van der Waals surface area contributed by atoms with E-state index in [0.717, 1.165) is 12.8 Å². The van der Waals surface area contributed by atoms with Crippen molar-refractivity contribution >= 4 is 18.5 Å². The number of rotatable bonds is 8. The Bertz CT molecular complexity index is 1120. The fourth-order valence-corrected chi connectivity index (χ4v) is 8.85. The second kappa shape index (κ2) is 11.2. The van der Waals surface area contributed by atoms with E-state index in [9.17, 15) is 0 Å². The van der Waals surface area contributed by atoms with Crippen LogP contribution in [0.2, 0.25) is 0 Å². The summed E-state index contributed by atoms with van der Waals surface area (Å²) in [5.74, 6) is 0.553. The first-order valence-corrected chi connectivity index (χ1v) is 13.9. The van der Waals surface area contributed by atoms with Crippen LogP contribution in [0, 0.1) is 33.6 Å². The molecule has 174 valence electrons. The molecule has 0 aliphatic carbocycles. The van der Waals surface area contributed by atoms with Crippen molar-refractivity contribution < 1.29 is 0 Å². The zero-order valence-electron chi connectivity index (χ0n) is 21.3. The predicted octanol–water partition coefficient (Wildman–Crippen LogP) is 8.36. The summed E-state index contributed by atoms with van der Waals surface area (Å²) < 4.78 is 0. The van der Waals surface area contributed by atoms with Gasteiger partial charge in [-0.05, 0) is 69.7 Å². The van der Waals surface area contributed by atoms with Gasteiger partial charge < -0.3 is 0 Å². The Labute approximate surface area is 207 Å². The molecule has 0 spiro atoms. The van der Waals surface area contributed by atoms with E-state index in [1.165, 1.54) is 44.0 Å². The van der Waals surface area contributed by atoms with Crippen molar-refractivity contribution in [3.63, 3.8) is 0 Å². The van der Waals surface area contributed by atoms with Crippen LogP contribution in [-0.2, 0) is 6.42 Å². The molecule has 4 rings (SSSR count). The number of benzene rings is 4. The molecule has 0 N–H and O–H groups in total. The summed E-state index contributed by atoms with van der Waals surface area (Å²) in [4.78, 5) is 0. The Kier molecular flexibility index (Phi) is 8.02. The second-order valence-electron chi connectivity index (χ2n) is 9.78. The lowest BCUT2D eigenvalue weighted by atomic mass is 9.90. The summed E-state index contributed by atoms with van der Waals surface area (Å²) >= 11 is 0.